The summed E-state index contributed by atoms with van der Waals surface area (Å²) in [5, 5.41) is 11.7. The summed E-state index contributed by atoms with van der Waals surface area (Å²) in [4.78, 5) is 38.4. The van der Waals surface area contributed by atoms with Crippen LogP contribution in [0.3, 0.4) is 0 Å². The number of carbonyl (C=O) groups excluding carboxylic acids is 2. The maximum atomic E-state index is 13.2. The van der Waals surface area contributed by atoms with E-state index in [1.165, 1.54) is 4.90 Å². The number of aliphatic carboxylic acids is 1. The standard InChI is InChI=1S/C28H28N2O5/c1-18-9-3-8-14-25(18)30(16-15-26(31)32)27(33)19(2)29-28(34)35-17-24-22-12-6-4-10-20(22)21-11-5-7-13-23(21)24/h3-14,19,24H,15-17H2,1-2H3,(H,29,34)(H,31,32). The first-order valence-corrected chi connectivity index (χ1v) is 11.6. The Morgan fingerprint density at radius 2 is 1.51 bits per heavy atom. The summed E-state index contributed by atoms with van der Waals surface area (Å²) in [6.45, 7) is 3.55. The number of ether oxygens (including phenoxy) is 1. The molecule has 1 aliphatic carbocycles. The number of nitrogens with zero attached hydrogens (tertiary/aromatic N) is 1. The Bertz CT molecular complexity index is 1210. The Morgan fingerprint density at radius 3 is 2.11 bits per heavy atom. The van der Waals surface area contributed by atoms with E-state index in [1.807, 2.05) is 55.5 Å². The maximum absolute atomic E-state index is 13.2. The van der Waals surface area contributed by atoms with Crippen LogP contribution in [-0.4, -0.2) is 42.3 Å². The normalized spacial score (nSPS) is 12.9. The number of anilines is 1. The van der Waals surface area contributed by atoms with Gasteiger partial charge in [-0.3, -0.25) is 9.59 Å². The Kier molecular flexibility index (Phi) is 7.15. The minimum Gasteiger partial charge on any atom is -0.481 e. The molecule has 7 nitrogen and oxygen atoms in total. The monoisotopic (exact) mass is 472 g/mol. The molecular weight excluding hydrogens is 444 g/mol. The lowest BCUT2D eigenvalue weighted by Crippen LogP contribution is -2.48. The minimum atomic E-state index is -1.01. The summed E-state index contributed by atoms with van der Waals surface area (Å²) >= 11 is 0. The number of aryl methyl sites for hydroxylation is 1. The summed E-state index contributed by atoms with van der Waals surface area (Å²) < 4.78 is 5.55. The highest BCUT2D eigenvalue weighted by Gasteiger charge is 2.30. The van der Waals surface area contributed by atoms with Crippen molar-refractivity contribution in [2.45, 2.75) is 32.2 Å². The van der Waals surface area contributed by atoms with Crippen molar-refractivity contribution in [3.05, 3.63) is 89.5 Å². The maximum Gasteiger partial charge on any atom is 0.407 e. The molecule has 4 rings (SSSR count). The van der Waals surface area contributed by atoms with Gasteiger partial charge in [-0.05, 0) is 47.7 Å². The molecule has 180 valence electrons. The van der Waals surface area contributed by atoms with Crippen molar-refractivity contribution in [2.75, 3.05) is 18.1 Å². The van der Waals surface area contributed by atoms with Crippen LogP contribution in [-0.2, 0) is 14.3 Å². The number of nitrogens with one attached hydrogen (secondary N) is 1. The number of benzene rings is 3. The number of fused-ring (bicyclic) bond motifs is 3. The van der Waals surface area contributed by atoms with Gasteiger partial charge in [-0.2, -0.15) is 0 Å². The van der Waals surface area contributed by atoms with Crippen molar-refractivity contribution in [2.24, 2.45) is 0 Å². The third kappa shape index (κ3) is 5.19. The third-order valence-corrected chi connectivity index (χ3v) is 6.27. The van der Waals surface area contributed by atoms with Gasteiger partial charge in [0.15, 0.2) is 0 Å². The SMILES string of the molecule is Cc1ccccc1N(CCC(=O)O)C(=O)C(C)NC(=O)OCC1c2ccccc2-c2ccccc21. The number of hydrogen-bond donors (Lipinski definition) is 2. The van der Waals surface area contributed by atoms with Gasteiger partial charge in [0.05, 0.1) is 6.42 Å². The van der Waals surface area contributed by atoms with Gasteiger partial charge < -0.3 is 20.1 Å². The van der Waals surface area contributed by atoms with E-state index in [0.717, 1.165) is 27.8 Å². The highest BCUT2D eigenvalue weighted by molar-refractivity contribution is 5.99. The van der Waals surface area contributed by atoms with E-state index in [1.54, 1.807) is 19.1 Å². The van der Waals surface area contributed by atoms with Crippen molar-refractivity contribution in [1.82, 2.24) is 5.32 Å². The molecule has 0 fully saturated rings. The molecular formula is C28H28N2O5. The zero-order valence-corrected chi connectivity index (χ0v) is 19.7. The summed E-state index contributed by atoms with van der Waals surface area (Å²) in [6.07, 6.45) is -0.909. The second kappa shape index (κ2) is 10.4. The van der Waals surface area contributed by atoms with E-state index in [0.29, 0.717) is 5.69 Å². The fourth-order valence-electron chi connectivity index (χ4n) is 4.54. The molecule has 35 heavy (non-hydrogen) atoms. The van der Waals surface area contributed by atoms with Gasteiger partial charge in [-0.1, -0.05) is 66.7 Å². The molecule has 0 bridgehead atoms. The van der Waals surface area contributed by atoms with Crippen LogP contribution in [0.15, 0.2) is 72.8 Å². The van der Waals surface area contributed by atoms with Gasteiger partial charge >= 0.3 is 12.1 Å². The number of carboxylic acid groups (broad SMARTS) is 1. The van der Waals surface area contributed by atoms with Crippen LogP contribution in [0, 0.1) is 6.92 Å². The predicted molar refractivity (Wildman–Crippen MR) is 133 cm³/mol. The van der Waals surface area contributed by atoms with Crippen molar-refractivity contribution in [3.8, 4) is 11.1 Å². The van der Waals surface area contributed by atoms with Gasteiger partial charge in [0.2, 0.25) is 5.91 Å². The number of rotatable bonds is 8. The minimum absolute atomic E-state index is 0.00424. The number of alkyl carbamates (subject to hydrolysis) is 1. The molecule has 1 unspecified atom stereocenters. The Hall–Kier alpha value is -4.13. The zero-order valence-electron chi connectivity index (χ0n) is 19.7. The first-order valence-electron chi connectivity index (χ1n) is 11.6. The second-order valence-corrected chi connectivity index (χ2v) is 8.61. The largest absolute Gasteiger partial charge is 0.481 e. The van der Waals surface area contributed by atoms with E-state index in [-0.39, 0.29) is 25.5 Å². The molecule has 0 aromatic heterocycles. The summed E-state index contributed by atoms with van der Waals surface area (Å²) in [7, 11) is 0. The molecule has 1 aliphatic rings. The Balaban J connectivity index is 1.43. The lowest BCUT2D eigenvalue weighted by Gasteiger charge is -2.27. The lowest BCUT2D eigenvalue weighted by atomic mass is 9.98. The predicted octanol–water partition coefficient (Wildman–Crippen LogP) is 4.73. The number of carboxylic acids is 1. The van der Waals surface area contributed by atoms with Crippen LogP contribution in [0.1, 0.15) is 36.0 Å². The number of amides is 2. The molecule has 2 amide bonds. The fourth-order valence-corrected chi connectivity index (χ4v) is 4.54. The lowest BCUT2D eigenvalue weighted by molar-refractivity contribution is -0.136. The molecule has 0 saturated carbocycles. The quantitative estimate of drug-likeness (QED) is 0.494. The number of hydrogen-bond acceptors (Lipinski definition) is 4. The third-order valence-electron chi connectivity index (χ3n) is 6.27. The first kappa shape index (κ1) is 24.0. The van der Waals surface area contributed by atoms with Crippen molar-refractivity contribution in [3.63, 3.8) is 0 Å². The molecule has 3 aromatic carbocycles. The molecule has 7 heteroatoms. The Morgan fingerprint density at radius 1 is 0.943 bits per heavy atom. The average Bonchev–Trinajstić information content (AvgIpc) is 3.17. The van der Waals surface area contributed by atoms with E-state index in [4.69, 9.17) is 9.84 Å². The van der Waals surface area contributed by atoms with Crippen LogP contribution in [0.25, 0.3) is 11.1 Å². The van der Waals surface area contributed by atoms with Gasteiger partial charge in [-0.15, -0.1) is 0 Å². The molecule has 0 aliphatic heterocycles. The summed E-state index contributed by atoms with van der Waals surface area (Å²) in [5.74, 6) is -1.50. The van der Waals surface area contributed by atoms with Crippen LogP contribution in [0.4, 0.5) is 10.5 Å². The number of para-hydroxylation sites is 1. The molecule has 0 heterocycles. The van der Waals surface area contributed by atoms with Gasteiger partial charge in [0.1, 0.15) is 12.6 Å². The number of carbonyl (C=O) groups is 3. The van der Waals surface area contributed by atoms with Crippen molar-refractivity contribution >= 4 is 23.7 Å². The van der Waals surface area contributed by atoms with Gasteiger partial charge in [0.25, 0.3) is 0 Å². The molecule has 2 N–H and O–H groups in total. The summed E-state index contributed by atoms with van der Waals surface area (Å²) in [6, 6.07) is 22.4. The molecule has 0 saturated heterocycles. The molecule has 3 aromatic rings. The smallest absolute Gasteiger partial charge is 0.407 e. The zero-order chi connectivity index (χ0) is 24.9. The Labute approximate surface area is 204 Å². The van der Waals surface area contributed by atoms with E-state index in [9.17, 15) is 14.4 Å². The van der Waals surface area contributed by atoms with Gasteiger partial charge in [-0.25, -0.2) is 4.79 Å². The molecule has 1 atom stereocenters. The topological polar surface area (TPSA) is 95.9 Å². The average molecular weight is 473 g/mol. The highest BCUT2D eigenvalue weighted by atomic mass is 16.5. The second-order valence-electron chi connectivity index (χ2n) is 8.61. The van der Waals surface area contributed by atoms with Crippen molar-refractivity contribution in [1.29, 1.82) is 0 Å². The highest BCUT2D eigenvalue weighted by Crippen LogP contribution is 2.44. The van der Waals surface area contributed by atoms with Gasteiger partial charge in [0, 0.05) is 18.2 Å². The summed E-state index contributed by atoms with van der Waals surface area (Å²) in [5.41, 5.74) is 5.91. The molecule has 0 spiro atoms. The van der Waals surface area contributed by atoms with Crippen LogP contribution >= 0.6 is 0 Å². The van der Waals surface area contributed by atoms with E-state index in [2.05, 4.69) is 17.4 Å². The van der Waals surface area contributed by atoms with Crippen molar-refractivity contribution < 1.29 is 24.2 Å². The first-order chi connectivity index (χ1) is 16.9. The van der Waals surface area contributed by atoms with E-state index < -0.39 is 24.0 Å². The van der Waals surface area contributed by atoms with Crippen LogP contribution < -0.4 is 10.2 Å². The van der Waals surface area contributed by atoms with Crippen LogP contribution in [0.5, 0.6) is 0 Å². The van der Waals surface area contributed by atoms with Crippen LogP contribution in [0.2, 0.25) is 0 Å². The van der Waals surface area contributed by atoms with E-state index >= 15 is 0 Å². The fraction of sp³-hybridized carbons (Fsp3) is 0.250. The molecule has 0 radical (unpaired) electrons.